The molecule has 0 bridgehead atoms. The Balaban J connectivity index is 1.99. The zero-order valence-electron chi connectivity index (χ0n) is 12.8. The predicted molar refractivity (Wildman–Crippen MR) is 80.2 cm³/mol. The molecule has 2 nitrogen and oxygen atoms in total. The van der Waals surface area contributed by atoms with Gasteiger partial charge in [-0.25, -0.2) is 0 Å². The summed E-state index contributed by atoms with van der Waals surface area (Å²) >= 11 is 0. The highest BCUT2D eigenvalue weighted by molar-refractivity contribution is 5.86. The van der Waals surface area contributed by atoms with Crippen LogP contribution in [0.2, 0.25) is 0 Å². The van der Waals surface area contributed by atoms with Crippen molar-refractivity contribution in [1.29, 1.82) is 0 Å². The predicted octanol–water partition coefficient (Wildman–Crippen LogP) is 4.64. The quantitative estimate of drug-likeness (QED) is 0.554. The lowest BCUT2D eigenvalue weighted by molar-refractivity contribution is -0.128. The fraction of sp³-hybridized carbons (Fsp3) is 0.941. The van der Waals surface area contributed by atoms with Gasteiger partial charge in [0, 0.05) is 6.42 Å². The number of hydrogen-bond acceptors (Lipinski definition) is 2. The van der Waals surface area contributed by atoms with Crippen LogP contribution in [0.3, 0.4) is 0 Å². The Kier molecular flexibility index (Phi) is 8.36. The molecule has 1 atom stereocenters. The molecule has 1 N–H and O–H groups in total. The Labute approximate surface area is 119 Å². The second-order valence-corrected chi connectivity index (χ2v) is 6.29. The lowest BCUT2D eigenvalue weighted by Crippen LogP contribution is -2.29. The summed E-state index contributed by atoms with van der Waals surface area (Å²) in [5, 5.41) is 9.49. The number of ketones is 1. The molecular formula is C17H32O2. The van der Waals surface area contributed by atoms with E-state index >= 15 is 0 Å². The average molecular weight is 268 g/mol. The van der Waals surface area contributed by atoms with Gasteiger partial charge in [0.05, 0.1) is 12.0 Å². The maximum absolute atomic E-state index is 11.8. The molecule has 1 aliphatic carbocycles. The molecule has 0 radical (unpaired) electrons. The highest BCUT2D eigenvalue weighted by atomic mass is 16.3. The van der Waals surface area contributed by atoms with E-state index in [0.29, 0.717) is 12.2 Å². The van der Waals surface area contributed by atoms with E-state index in [2.05, 4.69) is 6.92 Å². The first kappa shape index (κ1) is 16.7. The van der Waals surface area contributed by atoms with Gasteiger partial charge in [-0.2, -0.15) is 0 Å². The van der Waals surface area contributed by atoms with Crippen molar-refractivity contribution in [1.82, 2.24) is 0 Å². The molecule has 0 amide bonds. The number of unbranched alkanes of at least 4 members (excludes halogenated alkanes) is 8. The van der Waals surface area contributed by atoms with Gasteiger partial charge < -0.3 is 5.11 Å². The van der Waals surface area contributed by atoms with E-state index in [4.69, 9.17) is 0 Å². The van der Waals surface area contributed by atoms with Crippen LogP contribution in [0.25, 0.3) is 0 Å². The van der Waals surface area contributed by atoms with Crippen LogP contribution in [-0.2, 0) is 4.79 Å². The molecule has 1 rings (SSSR count). The molecule has 1 aliphatic rings. The van der Waals surface area contributed by atoms with Crippen LogP contribution in [0.15, 0.2) is 0 Å². The zero-order valence-corrected chi connectivity index (χ0v) is 12.8. The van der Waals surface area contributed by atoms with Crippen molar-refractivity contribution in [3.8, 4) is 0 Å². The summed E-state index contributed by atoms with van der Waals surface area (Å²) < 4.78 is 0. The third kappa shape index (κ3) is 5.64. The standard InChI is InChI=1S/C17H32O2/c1-2-3-4-5-6-7-8-9-10-13-17(15-18)14-11-12-16(17)19/h18H,2-15H2,1H3. The molecule has 112 valence electrons. The van der Waals surface area contributed by atoms with Gasteiger partial charge in [0.2, 0.25) is 0 Å². The Bertz CT molecular complexity index is 250. The van der Waals surface area contributed by atoms with Crippen molar-refractivity contribution >= 4 is 5.78 Å². The summed E-state index contributed by atoms with van der Waals surface area (Å²) in [7, 11) is 0. The maximum Gasteiger partial charge on any atom is 0.141 e. The molecule has 0 aromatic carbocycles. The van der Waals surface area contributed by atoms with Crippen molar-refractivity contribution in [2.24, 2.45) is 5.41 Å². The molecule has 0 aromatic heterocycles. The summed E-state index contributed by atoms with van der Waals surface area (Å²) in [4.78, 5) is 11.8. The Hall–Kier alpha value is -0.370. The minimum Gasteiger partial charge on any atom is -0.395 e. The summed E-state index contributed by atoms with van der Waals surface area (Å²) in [6.07, 6.45) is 15.3. The van der Waals surface area contributed by atoms with Gasteiger partial charge in [0.1, 0.15) is 5.78 Å². The van der Waals surface area contributed by atoms with Crippen LogP contribution < -0.4 is 0 Å². The van der Waals surface area contributed by atoms with E-state index in [1.54, 1.807) is 0 Å². The van der Waals surface area contributed by atoms with Gasteiger partial charge in [-0.3, -0.25) is 4.79 Å². The van der Waals surface area contributed by atoms with Crippen LogP contribution in [0.5, 0.6) is 0 Å². The first-order valence-corrected chi connectivity index (χ1v) is 8.39. The van der Waals surface area contributed by atoms with Crippen LogP contribution in [-0.4, -0.2) is 17.5 Å². The number of rotatable bonds is 11. The second-order valence-electron chi connectivity index (χ2n) is 6.29. The van der Waals surface area contributed by atoms with E-state index in [-0.39, 0.29) is 12.0 Å². The van der Waals surface area contributed by atoms with Crippen molar-refractivity contribution < 1.29 is 9.90 Å². The van der Waals surface area contributed by atoms with E-state index in [0.717, 1.165) is 25.7 Å². The summed E-state index contributed by atoms with van der Waals surface area (Å²) in [6.45, 7) is 2.32. The molecule has 19 heavy (non-hydrogen) atoms. The molecule has 0 aliphatic heterocycles. The number of carbonyl (C=O) groups excluding carboxylic acids is 1. The van der Waals surface area contributed by atoms with Crippen LogP contribution in [0.4, 0.5) is 0 Å². The van der Waals surface area contributed by atoms with Crippen molar-refractivity contribution in [2.45, 2.75) is 90.4 Å². The van der Waals surface area contributed by atoms with Crippen LogP contribution >= 0.6 is 0 Å². The molecule has 0 heterocycles. The number of carbonyl (C=O) groups is 1. The molecule has 2 heteroatoms. The summed E-state index contributed by atoms with van der Waals surface area (Å²) in [5.74, 6) is 0.314. The molecule has 0 aromatic rings. The van der Waals surface area contributed by atoms with E-state index in [1.807, 2.05) is 0 Å². The van der Waals surface area contributed by atoms with Gasteiger partial charge >= 0.3 is 0 Å². The molecule has 0 spiro atoms. The third-order valence-electron chi connectivity index (χ3n) is 4.71. The highest BCUT2D eigenvalue weighted by Crippen LogP contribution is 2.39. The van der Waals surface area contributed by atoms with Crippen molar-refractivity contribution in [2.75, 3.05) is 6.61 Å². The average Bonchev–Trinajstić information content (AvgIpc) is 2.79. The lowest BCUT2D eigenvalue weighted by Gasteiger charge is -2.24. The lowest BCUT2D eigenvalue weighted by atomic mass is 9.81. The summed E-state index contributed by atoms with van der Waals surface area (Å²) in [5.41, 5.74) is -0.346. The largest absolute Gasteiger partial charge is 0.395 e. The first-order valence-electron chi connectivity index (χ1n) is 8.39. The van der Waals surface area contributed by atoms with E-state index in [1.165, 1.54) is 51.4 Å². The van der Waals surface area contributed by atoms with Gasteiger partial charge in [0.25, 0.3) is 0 Å². The molecule has 1 saturated carbocycles. The van der Waals surface area contributed by atoms with E-state index in [9.17, 15) is 9.90 Å². The van der Waals surface area contributed by atoms with Gasteiger partial charge in [0.15, 0.2) is 0 Å². The smallest absolute Gasteiger partial charge is 0.141 e. The number of aliphatic hydroxyl groups is 1. The minimum atomic E-state index is -0.346. The minimum absolute atomic E-state index is 0.0723. The van der Waals surface area contributed by atoms with Gasteiger partial charge in [-0.05, 0) is 19.3 Å². The van der Waals surface area contributed by atoms with Crippen LogP contribution in [0.1, 0.15) is 90.4 Å². The molecule has 1 fully saturated rings. The van der Waals surface area contributed by atoms with Crippen molar-refractivity contribution in [3.63, 3.8) is 0 Å². The number of hydrogen-bond donors (Lipinski definition) is 1. The fourth-order valence-electron chi connectivity index (χ4n) is 3.28. The highest BCUT2D eigenvalue weighted by Gasteiger charge is 2.40. The number of Topliss-reactive ketones (excluding diaryl/α,β-unsaturated/α-hetero) is 1. The van der Waals surface area contributed by atoms with Gasteiger partial charge in [-0.1, -0.05) is 64.7 Å². The molecular weight excluding hydrogens is 236 g/mol. The Morgan fingerprint density at radius 2 is 1.58 bits per heavy atom. The SMILES string of the molecule is CCCCCCCCCCCC1(CO)CCCC1=O. The topological polar surface area (TPSA) is 37.3 Å². The fourth-order valence-corrected chi connectivity index (χ4v) is 3.28. The van der Waals surface area contributed by atoms with Crippen LogP contribution in [0, 0.1) is 5.41 Å². The second kappa shape index (κ2) is 9.52. The maximum atomic E-state index is 11.8. The number of aliphatic hydroxyl groups excluding tert-OH is 1. The summed E-state index contributed by atoms with van der Waals surface area (Å²) in [6, 6.07) is 0. The van der Waals surface area contributed by atoms with E-state index < -0.39 is 0 Å². The van der Waals surface area contributed by atoms with Crippen molar-refractivity contribution in [3.05, 3.63) is 0 Å². The Morgan fingerprint density at radius 1 is 1.00 bits per heavy atom. The molecule has 1 unspecified atom stereocenters. The first-order chi connectivity index (χ1) is 9.25. The normalized spacial score (nSPS) is 23.2. The van der Waals surface area contributed by atoms with Gasteiger partial charge in [-0.15, -0.1) is 0 Å². The Morgan fingerprint density at radius 3 is 2.05 bits per heavy atom. The monoisotopic (exact) mass is 268 g/mol. The molecule has 0 saturated heterocycles. The third-order valence-corrected chi connectivity index (χ3v) is 4.71. The zero-order chi connectivity index (χ0) is 14.0.